The van der Waals surface area contributed by atoms with Gasteiger partial charge in [0.25, 0.3) is 0 Å². The lowest BCUT2D eigenvalue weighted by Crippen LogP contribution is -2.30. The van der Waals surface area contributed by atoms with Crippen molar-refractivity contribution in [1.82, 2.24) is 0 Å². The molecule has 0 radical (unpaired) electrons. The van der Waals surface area contributed by atoms with Gasteiger partial charge in [0.15, 0.2) is 12.2 Å². The third-order valence-corrected chi connectivity index (χ3v) is 22.5. The van der Waals surface area contributed by atoms with Crippen molar-refractivity contribution in [3.63, 3.8) is 0 Å². The van der Waals surface area contributed by atoms with E-state index in [1.54, 1.807) is 0 Å². The molecule has 0 saturated carbocycles. The van der Waals surface area contributed by atoms with Gasteiger partial charge in [-0.2, -0.15) is 0 Å². The van der Waals surface area contributed by atoms with Crippen molar-refractivity contribution in [3.8, 4) is 0 Å². The van der Waals surface area contributed by atoms with Crippen molar-refractivity contribution in [1.29, 1.82) is 0 Å². The first-order chi connectivity index (χ1) is 51.7. The van der Waals surface area contributed by atoms with Crippen LogP contribution in [0.5, 0.6) is 0 Å². The Hall–Kier alpha value is -1.94. The Morgan fingerprint density at radius 1 is 0.226 bits per heavy atom. The van der Waals surface area contributed by atoms with Crippen LogP contribution in [0.2, 0.25) is 0 Å². The second-order valence-corrected chi connectivity index (χ2v) is 34.2. The monoisotopic (exact) mass is 1550 g/mol. The summed E-state index contributed by atoms with van der Waals surface area (Å²) >= 11 is 0. The zero-order chi connectivity index (χ0) is 77.4. The number of phosphoric ester groups is 2. The van der Waals surface area contributed by atoms with E-state index in [0.29, 0.717) is 25.7 Å². The SMILES string of the molecule is CCCCCCCCCCCCCCCCCCCCCCCC(=O)O[C@H](COC(=O)CCCCCCCCCCCCCCCCCCCCCC)COP(=O)(O)OC[C@@H](O)COP(=O)(O)OC[C@@H](COC(=O)CCCCCCCCCCCC)OC(=O)CCCCCCCCCCCCCCCCC. The fourth-order valence-electron chi connectivity index (χ4n) is 13.7. The number of ether oxygens (including phenoxy) is 4. The summed E-state index contributed by atoms with van der Waals surface area (Å²) in [5.74, 6) is -2.10. The molecule has 0 spiro atoms. The third-order valence-electron chi connectivity index (χ3n) is 20.6. The lowest BCUT2D eigenvalue weighted by Gasteiger charge is -2.21. The Morgan fingerprint density at radius 3 is 0.557 bits per heavy atom. The van der Waals surface area contributed by atoms with Gasteiger partial charge in [-0.15, -0.1) is 0 Å². The highest BCUT2D eigenvalue weighted by molar-refractivity contribution is 7.47. The van der Waals surface area contributed by atoms with Crippen molar-refractivity contribution in [2.75, 3.05) is 39.6 Å². The van der Waals surface area contributed by atoms with Crippen LogP contribution < -0.4 is 0 Å². The minimum absolute atomic E-state index is 0.109. The molecule has 0 amide bonds. The normalized spacial score (nSPS) is 13.7. The molecule has 0 bridgehead atoms. The number of aliphatic hydroxyl groups is 1. The number of esters is 4. The summed E-state index contributed by atoms with van der Waals surface area (Å²) < 4.78 is 68.9. The lowest BCUT2D eigenvalue weighted by atomic mass is 10.0. The molecule has 106 heavy (non-hydrogen) atoms. The minimum atomic E-state index is -4.97. The van der Waals surface area contributed by atoms with Crippen molar-refractivity contribution in [3.05, 3.63) is 0 Å². The van der Waals surface area contributed by atoms with Gasteiger partial charge >= 0.3 is 39.5 Å². The van der Waals surface area contributed by atoms with Gasteiger partial charge < -0.3 is 33.8 Å². The smallest absolute Gasteiger partial charge is 0.462 e. The van der Waals surface area contributed by atoms with Gasteiger partial charge in [-0.05, 0) is 25.7 Å². The average Bonchev–Trinajstić information content (AvgIpc) is 0.932. The predicted octanol–water partition coefficient (Wildman–Crippen LogP) is 26.9. The van der Waals surface area contributed by atoms with Gasteiger partial charge in [0.1, 0.15) is 19.3 Å². The van der Waals surface area contributed by atoms with E-state index in [1.165, 1.54) is 308 Å². The Balaban J connectivity index is 5.21. The maximum Gasteiger partial charge on any atom is 0.472 e. The zero-order valence-corrected chi connectivity index (χ0v) is 71.2. The van der Waals surface area contributed by atoms with Crippen molar-refractivity contribution < 1.29 is 80.2 Å². The van der Waals surface area contributed by atoms with Crippen LogP contribution in [0.3, 0.4) is 0 Å². The average molecular weight is 1550 g/mol. The Bertz CT molecular complexity index is 2000. The van der Waals surface area contributed by atoms with E-state index in [4.69, 9.17) is 37.0 Å². The second-order valence-electron chi connectivity index (χ2n) is 31.3. The summed E-state index contributed by atoms with van der Waals surface area (Å²) in [6.45, 7) is 5.05. The lowest BCUT2D eigenvalue weighted by molar-refractivity contribution is -0.161. The maximum atomic E-state index is 13.2. The number of phosphoric acid groups is 2. The van der Waals surface area contributed by atoms with Crippen LogP contribution in [0.4, 0.5) is 0 Å². The Labute approximate surface area is 651 Å². The van der Waals surface area contributed by atoms with E-state index >= 15 is 0 Å². The number of aliphatic hydroxyl groups excluding tert-OH is 1. The number of unbranched alkanes of at least 4 members (excludes halogenated alkanes) is 62. The Morgan fingerprint density at radius 2 is 0.377 bits per heavy atom. The number of carbonyl (C=O) groups is 4. The van der Waals surface area contributed by atoms with Crippen molar-refractivity contribution in [2.24, 2.45) is 0 Å². The number of hydrogen-bond acceptors (Lipinski definition) is 15. The van der Waals surface area contributed by atoms with E-state index in [0.717, 1.165) is 89.9 Å². The van der Waals surface area contributed by atoms with Crippen LogP contribution >= 0.6 is 15.6 Å². The highest BCUT2D eigenvalue weighted by Gasteiger charge is 2.30. The molecule has 0 aliphatic heterocycles. The van der Waals surface area contributed by atoms with E-state index < -0.39 is 97.5 Å². The molecule has 5 atom stereocenters. The van der Waals surface area contributed by atoms with Crippen LogP contribution in [-0.2, 0) is 65.4 Å². The molecule has 630 valence electrons. The van der Waals surface area contributed by atoms with E-state index in [9.17, 15) is 43.2 Å². The summed E-state index contributed by atoms with van der Waals surface area (Å²) in [5.41, 5.74) is 0. The van der Waals surface area contributed by atoms with E-state index in [2.05, 4.69) is 27.7 Å². The standard InChI is InChI=1S/C87H170O17P2/c1-5-9-13-17-21-25-29-32-35-37-39-41-43-45-48-51-54-58-62-66-70-74-87(92)104-83(78-98-85(90)72-68-64-60-56-52-49-47-44-42-40-38-36-33-30-26-22-18-14-10-6-2)80-102-106(95,96)100-76-81(88)75-99-105(93,94)101-79-82(77-97-84(89)71-67-63-59-55-28-24-20-16-12-8-4)103-86(91)73-69-65-61-57-53-50-46-34-31-27-23-19-15-11-7-3/h81-83,88H,5-80H2,1-4H3,(H,93,94)(H,95,96)/t81-,82+,83+/m0/s1. The van der Waals surface area contributed by atoms with Crippen LogP contribution in [0.25, 0.3) is 0 Å². The molecular weight excluding hydrogens is 1380 g/mol. The summed E-state index contributed by atoms with van der Waals surface area (Å²) in [6.07, 6.45) is 76.5. The molecule has 0 aromatic heterocycles. The quantitative estimate of drug-likeness (QED) is 0.0222. The van der Waals surface area contributed by atoms with Gasteiger partial charge in [-0.1, -0.05) is 426 Å². The molecular formula is C87H170O17P2. The zero-order valence-electron chi connectivity index (χ0n) is 69.4. The molecule has 0 aliphatic carbocycles. The molecule has 0 rings (SSSR count). The molecule has 3 N–H and O–H groups in total. The van der Waals surface area contributed by atoms with E-state index in [1.807, 2.05) is 0 Å². The molecule has 19 heteroatoms. The van der Waals surface area contributed by atoms with Crippen LogP contribution in [0, 0.1) is 0 Å². The number of hydrogen-bond donors (Lipinski definition) is 3. The first-order valence-electron chi connectivity index (χ1n) is 45.3. The molecule has 0 heterocycles. The highest BCUT2D eigenvalue weighted by Crippen LogP contribution is 2.45. The Kier molecular flexibility index (Phi) is 79.6. The molecule has 0 aromatic carbocycles. The third kappa shape index (κ3) is 80.1. The first kappa shape index (κ1) is 104. The van der Waals surface area contributed by atoms with Crippen molar-refractivity contribution in [2.45, 2.75) is 495 Å². The van der Waals surface area contributed by atoms with Gasteiger partial charge in [0.05, 0.1) is 26.4 Å². The van der Waals surface area contributed by atoms with Crippen LogP contribution in [0.15, 0.2) is 0 Å². The summed E-state index contributed by atoms with van der Waals surface area (Å²) in [7, 11) is -9.92. The molecule has 0 saturated heterocycles. The minimum Gasteiger partial charge on any atom is -0.462 e. The summed E-state index contributed by atoms with van der Waals surface area (Å²) in [6, 6.07) is 0. The van der Waals surface area contributed by atoms with Gasteiger partial charge in [0, 0.05) is 25.7 Å². The molecule has 17 nitrogen and oxygen atoms in total. The second kappa shape index (κ2) is 81.1. The topological polar surface area (TPSA) is 237 Å². The van der Waals surface area contributed by atoms with E-state index in [-0.39, 0.29) is 25.7 Å². The van der Waals surface area contributed by atoms with Crippen molar-refractivity contribution >= 4 is 39.5 Å². The van der Waals surface area contributed by atoms with Crippen LogP contribution in [-0.4, -0.2) is 96.7 Å². The maximum absolute atomic E-state index is 13.2. The first-order valence-corrected chi connectivity index (χ1v) is 48.3. The summed E-state index contributed by atoms with van der Waals surface area (Å²) in [4.78, 5) is 73.2. The summed E-state index contributed by atoms with van der Waals surface area (Å²) in [5, 5.41) is 10.7. The highest BCUT2D eigenvalue weighted by atomic mass is 31.2. The van der Waals surface area contributed by atoms with Gasteiger partial charge in [-0.3, -0.25) is 37.3 Å². The number of rotatable bonds is 88. The molecule has 0 aliphatic rings. The molecule has 0 fully saturated rings. The van der Waals surface area contributed by atoms with Gasteiger partial charge in [-0.25, -0.2) is 9.13 Å². The number of carbonyl (C=O) groups excluding carboxylic acids is 4. The molecule has 0 aromatic rings. The largest absolute Gasteiger partial charge is 0.472 e. The molecule has 2 unspecified atom stereocenters. The fourth-order valence-corrected chi connectivity index (χ4v) is 15.3. The predicted molar refractivity (Wildman–Crippen MR) is 437 cm³/mol. The fraction of sp³-hybridized carbons (Fsp3) is 0.954. The van der Waals surface area contributed by atoms with Gasteiger partial charge in [0.2, 0.25) is 0 Å². The van der Waals surface area contributed by atoms with Crippen LogP contribution in [0.1, 0.15) is 477 Å².